The van der Waals surface area contributed by atoms with E-state index in [-0.39, 0.29) is 17.9 Å². The first-order chi connectivity index (χ1) is 8.47. The number of amides is 1. The molecule has 0 fully saturated rings. The average molecular weight is 253 g/mol. The number of hydrogen-bond acceptors (Lipinski definition) is 5. The van der Waals surface area contributed by atoms with Gasteiger partial charge in [-0.25, -0.2) is 0 Å². The van der Waals surface area contributed by atoms with E-state index < -0.39 is 10.8 Å². The number of aliphatic hydroxyl groups excluding tert-OH is 1. The van der Waals surface area contributed by atoms with Gasteiger partial charge in [0, 0.05) is 31.8 Å². The maximum absolute atomic E-state index is 11.0. The Morgan fingerprint density at radius 1 is 1.56 bits per heavy atom. The Morgan fingerprint density at radius 3 is 2.72 bits per heavy atom. The lowest BCUT2D eigenvalue weighted by Gasteiger charge is -2.18. The zero-order chi connectivity index (χ0) is 13.7. The molecule has 1 aromatic carbocycles. The summed E-state index contributed by atoms with van der Waals surface area (Å²) >= 11 is 0. The van der Waals surface area contributed by atoms with Gasteiger partial charge in [-0.3, -0.25) is 14.9 Å². The van der Waals surface area contributed by atoms with Gasteiger partial charge in [0.25, 0.3) is 5.69 Å². The molecule has 0 radical (unpaired) electrons. The van der Waals surface area contributed by atoms with Crippen molar-refractivity contribution in [3.05, 3.63) is 33.9 Å². The van der Waals surface area contributed by atoms with Gasteiger partial charge >= 0.3 is 0 Å². The Morgan fingerprint density at radius 2 is 2.22 bits per heavy atom. The minimum absolute atomic E-state index is 0.0114. The highest BCUT2D eigenvalue weighted by molar-refractivity contribution is 5.94. The van der Waals surface area contributed by atoms with Crippen LogP contribution in [0, 0.1) is 10.1 Å². The Bertz CT molecular complexity index is 462. The minimum atomic E-state index is -0.706. The molecule has 0 heterocycles. The molecule has 0 saturated heterocycles. The summed E-state index contributed by atoms with van der Waals surface area (Å²) in [5.41, 5.74) is 5.39. The van der Waals surface area contributed by atoms with E-state index in [0.29, 0.717) is 18.7 Å². The van der Waals surface area contributed by atoms with E-state index in [1.807, 2.05) is 0 Å². The molecule has 0 unspecified atom stereocenters. The van der Waals surface area contributed by atoms with Crippen LogP contribution in [0.2, 0.25) is 0 Å². The van der Waals surface area contributed by atoms with E-state index in [1.165, 1.54) is 12.1 Å². The van der Waals surface area contributed by atoms with Crippen molar-refractivity contribution in [2.75, 3.05) is 25.1 Å². The van der Waals surface area contributed by atoms with Crippen LogP contribution >= 0.6 is 0 Å². The number of benzene rings is 1. The van der Waals surface area contributed by atoms with Crippen LogP contribution < -0.4 is 10.6 Å². The molecular weight excluding hydrogens is 238 g/mol. The summed E-state index contributed by atoms with van der Waals surface area (Å²) in [6.45, 7) is 0.491. The second-order valence-corrected chi connectivity index (χ2v) is 3.82. The van der Waals surface area contributed by atoms with Gasteiger partial charge < -0.3 is 15.7 Å². The largest absolute Gasteiger partial charge is 0.396 e. The molecule has 3 N–H and O–H groups in total. The molecule has 0 spiro atoms. The number of primary amides is 1. The van der Waals surface area contributed by atoms with Crippen LogP contribution in [0.15, 0.2) is 18.2 Å². The van der Waals surface area contributed by atoms with Gasteiger partial charge in [0.1, 0.15) is 5.69 Å². The average Bonchev–Trinajstić information content (AvgIpc) is 2.34. The van der Waals surface area contributed by atoms with E-state index in [9.17, 15) is 14.9 Å². The number of hydrogen-bond donors (Lipinski definition) is 2. The SMILES string of the molecule is CN(CCCO)c1ccc(C(N)=O)cc1[N+](=O)[O-]. The third-order valence-corrected chi connectivity index (χ3v) is 2.52. The lowest BCUT2D eigenvalue weighted by molar-refractivity contribution is -0.384. The number of nitrogens with two attached hydrogens (primary N) is 1. The predicted molar refractivity (Wildman–Crippen MR) is 66.6 cm³/mol. The number of nitrogens with zero attached hydrogens (tertiary/aromatic N) is 2. The van der Waals surface area contributed by atoms with Crippen LogP contribution in [0.4, 0.5) is 11.4 Å². The van der Waals surface area contributed by atoms with Crippen molar-refractivity contribution in [1.29, 1.82) is 0 Å². The molecule has 18 heavy (non-hydrogen) atoms. The maximum atomic E-state index is 11.0. The van der Waals surface area contributed by atoms with Crippen molar-refractivity contribution < 1.29 is 14.8 Å². The fourth-order valence-electron chi connectivity index (χ4n) is 1.57. The zero-order valence-corrected chi connectivity index (χ0v) is 10.00. The van der Waals surface area contributed by atoms with E-state index in [2.05, 4.69) is 0 Å². The van der Waals surface area contributed by atoms with Crippen LogP contribution in [-0.2, 0) is 0 Å². The van der Waals surface area contributed by atoms with Crippen molar-refractivity contribution in [3.8, 4) is 0 Å². The second-order valence-electron chi connectivity index (χ2n) is 3.82. The van der Waals surface area contributed by atoms with Crippen LogP contribution in [-0.4, -0.2) is 36.1 Å². The standard InChI is InChI=1S/C11H15N3O4/c1-13(5-2-6-15)9-4-3-8(11(12)16)7-10(9)14(17)18/h3-4,7,15H,2,5-6H2,1H3,(H2,12,16). The van der Waals surface area contributed by atoms with Crippen LogP contribution in [0.5, 0.6) is 0 Å². The molecule has 0 aliphatic carbocycles. The van der Waals surface area contributed by atoms with E-state index in [0.717, 1.165) is 6.07 Å². The van der Waals surface area contributed by atoms with Gasteiger partial charge in [-0.1, -0.05) is 0 Å². The molecule has 0 saturated carbocycles. The highest BCUT2D eigenvalue weighted by Crippen LogP contribution is 2.28. The first-order valence-corrected chi connectivity index (χ1v) is 5.37. The van der Waals surface area contributed by atoms with E-state index >= 15 is 0 Å². The zero-order valence-electron chi connectivity index (χ0n) is 10.00. The third kappa shape index (κ3) is 3.17. The number of nitro groups is 1. The molecule has 1 aromatic rings. The van der Waals surface area contributed by atoms with Crippen LogP contribution in [0.1, 0.15) is 16.8 Å². The molecular formula is C11H15N3O4. The normalized spacial score (nSPS) is 10.1. The number of carbonyl (C=O) groups excluding carboxylic acids is 1. The van der Waals surface area contributed by atoms with Gasteiger partial charge in [0.15, 0.2) is 0 Å². The minimum Gasteiger partial charge on any atom is -0.396 e. The summed E-state index contributed by atoms with van der Waals surface area (Å²) < 4.78 is 0. The summed E-state index contributed by atoms with van der Waals surface area (Å²) in [7, 11) is 1.68. The smallest absolute Gasteiger partial charge is 0.293 e. The quantitative estimate of drug-likeness (QED) is 0.567. The van der Waals surface area contributed by atoms with Crippen molar-refractivity contribution in [1.82, 2.24) is 0 Å². The molecule has 7 nitrogen and oxygen atoms in total. The number of anilines is 1. The highest BCUT2D eigenvalue weighted by Gasteiger charge is 2.19. The van der Waals surface area contributed by atoms with Crippen LogP contribution in [0.3, 0.4) is 0 Å². The van der Waals surface area contributed by atoms with Crippen molar-refractivity contribution in [2.45, 2.75) is 6.42 Å². The second kappa shape index (κ2) is 5.97. The Balaban J connectivity index is 3.11. The van der Waals surface area contributed by atoms with Crippen molar-refractivity contribution in [2.24, 2.45) is 5.73 Å². The number of carbonyl (C=O) groups is 1. The molecule has 0 aromatic heterocycles. The molecule has 0 aliphatic heterocycles. The molecule has 0 aliphatic rings. The Hall–Kier alpha value is -2.15. The number of aliphatic hydroxyl groups is 1. The molecule has 1 amide bonds. The molecule has 7 heteroatoms. The molecule has 98 valence electrons. The summed E-state index contributed by atoms with van der Waals surface area (Å²) in [5, 5.41) is 19.7. The summed E-state index contributed by atoms with van der Waals surface area (Å²) in [5.74, 6) is -0.706. The van der Waals surface area contributed by atoms with Crippen molar-refractivity contribution >= 4 is 17.3 Å². The fourth-order valence-corrected chi connectivity index (χ4v) is 1.57. The fraction of sp³-hybridized carbons (Fsp3) is 0.364. The summed E-state index contributed by atoms with van der Waals surface area (Å²) in [6, 6.07) is 4.09. The number of rotatable bonds is 6. The van der Waals surface area contributed by atoms with E-state index in [1.54, 1.807) is 11.9 Å². The molecule has 0 atom stereocenters. The Labute approximate surface area is 104 Å². The lowest BCUT2D eigenvalue weighted by Crippen LogP contribution is -2.21. The van der Waals surface area contributed by atoms with Gasteiger partial charge in [-0.2, -0.15) is 0 Å². The van der Waals surface area contributed by atoms with Crippen molar-refractivity contribution in [3.63, 3.8) is 0 Å². The van der Waals surface area contributed by atoms with Gasteiger partial charge in [0.05, 0.1) is 4.92 Å². The topological polar surface area (TPSA) is 110 Å². The molecule has 0 bridgehead atoms. The van der Waals surface area contributed by atoms with E-state index in [4.69, 9.17) is 10.8 Å². The Kier molecular flexibility index (Phi) is 4.61. The lowest BCUT2D eigenvalue weighted by atomic mass is 10.1. The van der Waals surface area contributed by atoms with Gasteiger partial charge in [-0.15, -0.1) is 0 Å². The number of nitro benzene ring substituents is 1. The summed E-state index contributed by atoms with van der Waals surface area (Å²) in [4.78, 5) is 23.0. The highest BCUT2D eigenvalue weighted by atomic mass is 16.6. The monoisotopic (exact) mass is 253 g/mol. The first-order valence-electron chi connectivity index (χ1n) is 5.37. The summed E-state index contributed by atoms with van der Waals surface area (Å²) in [6.07, 6.45) is 0.505. The first kappa shape index (κ1) is 13.9. The predicted octanol–water partition coefficient (Wildman–Crippen LogP) is 0.512. The maximum Gasteiger partial charge on any atom is 0.293 e. The third-order valence-electron chi connectivity index (χ3n) is 2.52. The molecule has 1 rings (SSSR count). The van der Waals surface area contributed by atoms with Gasteiger partial charge in [0.2, 0.25) is 5.91 Å². The van der Waals surface area contributed by atoms with Crippen LogP contribution in [0.25, 0.3) is 0 Å². The van der Waals surface area contributed by atoms with Gasteiger partial charge in [-0.05, 0) is 18.6 Å².